The quantitative estimate of drug-likeness (QED) is 0.706. The Balaban J connectivity index is 2.34. The normalized spacial score (nSPS) is 27.2. The lowest BCUT2D eigenvalue weighted by Gasteiger charge is -2.38. The topological polar surface area (TPSA) is 24.1 Å². The average Bonchev–Trinajstić information content (AvgIpc) is 2.19. The molecule has 0 amide bonds. The number of rotatable bonds is 6. The second-order valence-corrected chi connectivity index (χ2v) is 5.56. The van der Waals surface area contributed by atoms with E-state index in [1.807, 2.05) is 0 Å². The van der Waals surface area contributed by atoms with Crippen molar-refractivity contribution in [3.05, 3.63) is 0 Å². The van der Waals surface area contributed by atoms with Gasteiger partial charge in [-0.25, -0.2) is 0 Å². The van der Waals surface area contributed by atoms with Gasteiger partial charge < -0.3 is 10.6 Å². The number of hydrogen-bond acceptors (Lipinski definition) is 2. The van der Waals surface area contributed by atoms with Crippen molar-refractivity contribution in [2.24, 2.45) is 11.3 Å². The highest BCUT2D eigenvalue weighted by atomic mass is 14.9. The Labute approximate surface area is 95.2 Å². The third-order valence-corrected chi connectivity index (χ3v) is 3.39. The highest BCUT2D eigenvalue weighted by Crippen LogP contribution is 2.30. The second-order valence-electron chi connectivity index (χ2n) is 5.56. The molecule has 0 radical (unpaired) electrons. The Morgan fingerprint density at radius 3 is 2.73 bits per heavy atom. The molecule has 1 atom stereocenters. The monoisotopic (exact) mass is 212 g/mol. The van der Waals surface area contributed by atoms with Gasteiger partial charge in [-0.2, -0.15) is 0 Å². The molecule has 1 unspecified atom stereocenters. The fraction of sp³-hybridized carbons (Fsp3) is 1.00. The van der Waals surface area contributed by atoms with E-state index in [4.69, 9.17) is 0 Å². The zero-order valence-corrected chi connectivity index (χ0v) is 10.7. The molecule has 1 saturated heterocycles. The van der Waals surface area contributed by atoms with Gasteiger partial charge in [0.15, 0.2) is 0 Å². The van der Waals surface area contributed by atoms with E-state index in [-0.39, 0.29) is 0 Å². The largest absolute Gasteiger partial charge is 0.316 e. The van der Waals surface area contributed by atoms with Crippen molar-refractivity contribution < 1.29 is 0 Å². The Hall–Kier alpha value is -0.0800. The van der Waals surface area contributed by atoms with Crippen LogP contribution < -0.4 is 10.6 Å². The maximum atomic E-state index is 3.64. The molecule has 0 aromatic carbocycles. The Morgan fingerprint density at radius 1 is 1.40 bits per heavy atom. The predicted octanol–water partition coefficient (Wildman–Crippen LogP) is 2.40. The van der Waals surface area contributed by atoms with Gasteiger partial charge in [0.2, 0.25) is 0 Å². The molecule has 2 nitrogen and oxygen atoms in total. The van der Waals surface area contributed by atoms with Crippen molar-refractivity contribution >= 4 is 0 Å². The van der Waals surface area contributed by atoms with Gasteiger partial charge in [-0.15, -0.1) is 0 Å². The lowest BCUT2D eigenvalue weighted by molar-refractivity contribution is 0.181. The molecule has 15 heavy (non-hydrogen) atoms. The van der Waals surface area contributed by atoms with E-state index in [1.54, 1.807) is 0 Å². The summed E-state index contributed by atoms with van der Waals surface area (Å²) in [5.74, 6) is 0.764. The van der Waals surface area contributed by atoms with E-state index in [0.29, 0.717) is 5.41 Å². The van der Waals surface area contributed by atoms with Crippen molar-refractivity contribution in [3.63, 3.8) is 0 Å². The molecule has 1 heterocycles. The van der Waals surface area contributed by atoms with E-state index in [9.17, 15) is 0 Å². The van der Waals surface area contributed by atoms with Crippen LogP contribution in [0.2, 0.25) is 0 Å². The van der Waals surface area contributed by atoms with Crippen LogP contribution in [-0.4, -0.2) is 26.2 Å². The van der Waals surface area contributed by atoms with Gasteiger partial charge in [0.1, 0.15) is 0 Å². The highest BCUT2D eigenvalue weighted by Gasteiger charge is 2.30. The zero-order valence-electron chi connectivity index (χ0n) is 10.7. The SMILES string of the molecule is CCCC1(CNCC(C)C)CCCNC1. The molecule has 1 aliphatic rings. The van der Waals surface area contributed by atoms with Gasteiger partial charge in [-0.3, -0.25) is 0 Å². The molecule has 0 spiro atoms. The molecular formula is C13H28N2. The molecule has 0 aliphatic carbocycles. The zero-order chi connectivity index (χ0) is 11.1. The van der Waals surface area contributed by atoms with Gasteiger partial charge in [-0.05, 0) is 43.7 Å². The highest BCUT2D eigenvalue weighted by molar-refractivity contribution is 4.87. The smallest absolute Gasteiger partial charge is 0.00201 e. The predicted molar refractivity (Wildman–Crippen MR) is 67.2 cm³/mol. The van der Waals surface area contributed by atoms with Crippen LogP contribution in [0.4, 0.5) is 0 Å². The summed E-state index contributed by atoms with van der Waals surface area (Å²) in [7, 11) is 0. The summed E-state index contributed by atoms with van der Waals surface area (Å²) >= 11 is 0. The third-order valence-electron chi connectivity index (χ3n) is 3.39. The standard InChI is InChI=1S/C13H28N2/c1-4-6-13(7-5-8-14-10-13)11-15-9-12(2)3/h12,14-15H,4-11H2,1-3H3. The first-order chi connectivity index (χ1) is 7.18. The lowest BCUT2D eigenvalue weighted by atomic mass is 9.77. The molecule has 2 heteroatoms. The fourth-order valence-electron chi connectivity index (χ4n) is 2.64. The third kappa shape index (κ3) is 4.52. The summed E-state index contributed by atoms with van der Waals surface area (Å²) in [5.41, 5.74) is 0.544. The Kier molecular flexibility index (Phi) is 5.62. The van der Waals surface area contributed by atoms with E-state index in [2.05, 4.69) is 31.4 Å². The van der Waals surface area contributed by atoms with Crippen molar-refractivity contribution in [3.8, 4) is 0 Å². The van der Waals surface area contributed by atoms with Gasteiger partial charge in [-0.1, -0.05) is 27.2 Å². The van der Waals surface area contributed by atoms with Crippen molar-refractivity contribution in [2.75, 3.05) is 26.2 Å². The molecule has 0 aromatic heterocycles. The maximum absolute atomic E-state index is 3.64. The van der Waals surface area contributed by atoms with Gasteiger partial charge in [0.05, 0.1) is 0 Å². The van der Waals surface area contributed by atoms with Crippen LogP contribution in [0.1, 0.15) is 46.5 Å². The van der Waals surface area contributed by atoms with Crippen LogP contribution in [0.15, 0.2) is 0 Å². The molecule has 90 valence electrons. The van der Waals surface area contributed by atoms with E-state index < -0.39 is 0 Å². The molecule has 1 fully saturated rings. The van der Waals surface area contributed by atoms with Crippen LogP contribution in [0.3, 0.4) is 0 Å². The molecule has 1 rings (SSSR count). The van der Waals surface area contributed by atoms with E-state index in [0.717, 1.165) is 12.5 Å². The van der Waals surface area contributed by atoms with Crippen LogP contribution in [0.5, 0.6) is 0 Å². The maximum Gasteiger partial charge on any atom is 0.00201 e. The molecule has 0 bridgehead atoms. The first-order valence-electron chi connectivity index (χ1n) is 6.60. The molecule has 0 saturated carbocycles. The van der Waals surface area contributed by atoms with Crippen LogP contribution in [-0.2, 0) is 0 Å². The summed E-state index contributed by atoms with van der Waals surface area (Å²) in [4.78, 5) is 0. The minimum absolute atomic E-state index is 0.544. The second kappa shape index (κ2) is 6.49. The fourth-order valence-corrected chi connectivity index (χ4v) is 2.64. The van der Waals surface area contributed by atoms with E-state index >= 15 is 0 Å². The lowest BCUT2D eigenvalue weighted by Crippen LogP contribution is -2.46. The van der Waals surface area contributed by atoms with Crippen LogP contribution in [0.25, 0.3) is 0 Å². The van der Waals surface area contributed by atoms with Crippen LogP contribution in [0, 0.1) is 11.3 Å². The summed E-state index contributed by atoms with van der Waals surface area (Å²) in [5, 5.41) is 7.20. The van der Waals surface area contributed by atoms with Crippen molar-refractivity contribution in [1.82, 2.24) is 10.6 Å². The molecule has 1 aliphatic heterocycles. The summed E-state index contributed by atoms with van der Waals surface area (Å²) < 4.78 is 0. The van der Waals surface area contributed by atoms with E-state index in [1.165, 1.54) is 45.3 Å². The van der Waals surface area contributed by atoms with Gasteiger partial charge in [0.25, 0.3) is 0 Å². The van der Waals surface area contributed by atoms with Gasteiger partial charge in [0, 0.05) is 13.1 Å². The van der Waals surface area contributed by atoms with Crippen molar-refractivity contribution in [2.45, 2.75) is 46.5 Å². The number of piperidine rings is 1. The first-order valence-corrected chi connectivity index (χ1v) is 6.60. The minimum atomic E-state index is 0.544. The van der Waals surface area contributed by atoms with Crippen LogP contribution >= 0.6 is 0 Å². The van der Waals surface area contributed by atoms with Gasteiger partial charge >= 0.3 is 0 Å². The molecule has 0 aromatic rings. The summed E-state index contributed by atoms with van der Waals surface area (Å²) in [6, 6.07) is 0. The summed E-state index contributed by atoms with van der Waals surface area (Å²) in [6.45, 7) is 11.6. The Morgan fingerprint density at radius 2 is 2.20 bits per heavy atom. The molecule has 2 N–H and O–H groups in total. The first kappa shape index (κ1) is 13.0. The summed E-state index contributed by atoms with van der Waals surface area (Å²) in [6.07, 6.45) is 5.43. The number of nitrogens with one attached hydrogen (secondary N) is 2. The average molecular weight is 212 g/mol. The van der Waals surface area contributed by atoms with Crippen molar-refractivity contribution in [1.29, 1.82) is 0 Å². The number of hydrogen-bond donors (Lipinski definition) is 2. The minimum Gasteiger partial charge on any atom is -0.316 e. The Bertz CT molecular complexity index is 154. The molecular weight excluding hydrogens is 184 g/mol.